The van der Waals surface area contributed by atoms with Crippen molar-refractivity contribution in [1.29, 1.82) is 0 Å². The molecule has 0 unspecified atom stereocenters. The zero-order chi connectivity index (χ0) is 13.0. The summed E-state index contributed by atoms with van der Waals surface area (Å²) >= 11 is 5.81. The van der Waals surface area contributed by atoms with Crippen molar-refractivity contribution in [2.75, 3.05) is 26.2 Å². The van der Waals surface area contributed by atoms with Crippen LogP contribution in [0.5, 0.6) is 0 Å². The molecule has 1 atom stereocenters. The van der Waals surface area contributed by atoms with Gasteiger partial charge in [-0.3, -0.25) is 4.79 Å². The van der Waals surface area contributed by atoms with Gasteiger partial charge in [-0.1, -0.05) is 23.7 Å². The topological polar surface area (TPSA) is 55.6 Å². The molecule has 1 aliphatic heterocycles. The molecule has 0 radical (unpaired) electrons. The highest BCUT2D eigenvalue weighted by molar-refractivity contribution is 6.30. The van der Waals surface area contributed by atoms with Crippen molar-refractivity contribution in [3.05, 3.63) is 34.9 Å². The number of morpholine rings is 1. The third-order valence-corrected chi connectivity index (χ3v) is 3.27. The number of nitrogens with zero attached hydrogens (tertiary/aromatic N) is 1. The number of hydrogen-bond donors (Lipinski definition) is 1. The molecule has 1 aromatic rings. The smallest absolute Gasteiger partial charge is 0.227 e. The molecule has 1 fully saturated rings. The molecule has 2 rings (SSSR count). The van der Waals surface area contributed by atoms with Crippen LogP contribution < -0.4 is 5.73 Å². The van der Waals surface area contributed by atoms with Crippen LogP contribution in [0.15, 0.2) is 24.3 Å². The highest BCUT2D eigenvalue weighted by Crippen LogP contribution is 2.12. The van der Waals surface area contributed by atoms with Crippen LogP contribution in [0.4, 0.5) is 0 Å². The number of halogens is 1. The number of carbonyl (C=O) groups is 1. The summed E-state index contributed by atoms with van der Waals surface area (Å²) in [5, 5.41) is 0.681. The zero-order valence-electron chi connectivity index (χ0n) is 10.1. The van der Waals surface area contributed by atoms with E-state index in [2.05, 4.69) is 0 Å². The van der Waals surface area contributed by atoms with Gasteiger partial charge in [0.2, 0.25) is 5.91 Å². The number of nitrogens with two attached hydrogens (primary N) is 1. The minimum atomic E-state index is -0.0343. The fourth-order valence-corrected chi connectivity index (χ4v) is 2.10. The van der Waals surface area contributed by atoms with Gasteiger partial charge in [-0.05, 0) is 17.7 Å². The molecule has 98 valence electrons. The molecule has 1 amide bonds. The van der Waals surface area contributed by atoms with Gasteiger partial charge in [-0.15, -0.1) is 0 Å². The van der Waals surface area contributed by atoms with E-state index in [1.807, 2.05) is 17.0 Å². The van der Waals surface area contributed by atoms with Crippen LogP contribution in [0.1, 0.15) is 5.56 Å². The Morgan fingerprint density at radius 1 is 1.44 bits per heavy atom. The molecular weight excluding hydrogens is 252 g/mol. The number of rotatable bonds is 3. The van der Waals surface area contributed by atoms with E-state index in [-0.39, 0.29) is 12.0 Å². The summed E-state index contributed by atoms with van der Waals surface area (Å²) in [4.78, 5) is 13.9. The summed E-state index contributed by atoms with van der Waals surface area (Å²) in [5.74, 6) is 0.110. The normalized spacial score (nSPS) is 19.9. The Hall–Kier alpha value is -1.10. The van der Waals surface area contributed by atoms with E-state index in [1.54, 1.807) is 12.1 Å². The molecule has 1 aromatic carbocycles. The van der Waals surface area contributed by atoms with E-state index in [0.717, 1.165) is 5.56 Å². The fourth-order valence-electron chi connectivity index (χ4n) is 1.98. The van der Waals surface area contributed by atoms with Gasteiger partial charge in [0.15, 0.2) is 0 Å². The average Bonchev–Trinajstić information content (AvgIpc) is 2.41. The van der Waals surface area contributed by atoms with E-state index < -0.39 is 0 Å². The minimum absolute atomic E-state index is 0.0343. The Balaban J connectivity index is 1.93. The van der Waals surface area contributed by atoms with Crippen LogP contribution in [-0.4, -0.2) is 43.2 Å². The van der Waals surface area contributed by atoms with Gasteiger partial charge in [0.25, 0.3) is 0 Å². The lowest BCUT2D eigenvalue weighted by Crippen LogP contribution is -2.48. The van der Waals surface area contributed by atoms with Crippen molar-refractivity contribution >= 4 is 17.5 Å². The maximum atomic E-state index is 12.1. The minimum Gasteiger partial charge on any atom is -0.373 e. The van der Waals surface area contributed by atoms with Gasteiger partial charge in [0, 0.05) is 24.7 Å². The average molecular weight is 269 g/mol. The Morgan fingerprint density at radius 2 is 2.17 bits per heavy atom. The van der Waals surface area contributed by atoms with Gasteiger partial charge in [-0.25, -0.2) is 0 Å². The molecule has 0 saturated carbocycles. The molecule has 0 spiro atoms. The predicted octanol–water partition coefficient (Wildman–Crippen LogP) is 1.07. The highest BCUT2D eigenvalue weighted by atomic mass is 35.5. The Labute approximate surface area is 112 Å². The second kappa shape index (κ2) is 6.18. The molecule has 5 heteroatoms. The molecule has 1 saturated heterocycles. The summed E-state index contributed by atoms with van der Waals surface area (Å²) in [6.45, 7) is 2.24. The monoisotopic (exact) mass is 268 g/mol. The molecule has 2 N–H and O–H groups in total. The van der Waals surface area contributed by atoms with Gasteiger partial charge in [-0.2, -0.15) is 0 Å². The summed E-state index contributed by atoms with van der Waals surface area (Å²) in [5.41, 5.74) is 6.53. The zero-order valence-corrected chi connectivity index (χ0v) is 10.9. The Morgan fingerprint density at radius 3 is 2.83 bits per heavy atom. The first-order valence-electron chi connectivity index (χ1n) is 6.03. The lowest BCUT2D eigenvalue weighted by molar-refractivity contribution is -0.137. The summed E-state index contributed by atoms with van der Waals surface area (Å²) in [6.07, 6.45) is 0.363. The van der Waals surface area contributed by atoms with Crippen molar-refractivity contribution in [3.63, 3.8) is 0 Å². The summed E-state index contributed by atoms with van der Waals surface area (Å²) < 4.78 is 5.44. The molecule has 0 aliphatic carbocycles. The summed E-state index contributed by atoms with van der Waals surface area (Å²) in [7, 11) is 0. The van der Waals surface area contributed by atoms with Crippen LogP contribution in [0.3, 0.4) is 0 Å². The van der Waals surface area contributed by atoms with Crippen LogP contribution in [0.2, 0.25) is 5.02 Å². The molecule has 0 bridgehead atoms. The molecule has 1 heterocycles. The van der Waals surface area contributed by atoms with Crippen molar-refractivity contribution in [1.82, 2.24) is 4.90 Å². The van der Waals surface area contributed by atoms with E-state index in [0.29, 0.717) is 37.7 Å². The van der Waals surface area contributed by atoms with E-state index in [1.165, 1.54) is 0 Å². The fraction of sp³-hybridized carbons (Fsp3) is 0.462. The van der Waals surface area contributed by atoms with Crippen molar-refractivity contribution in [3.8, 4) is 0 Å². The van der Waals surface area contributed by atoms with Gasteiger partial charge >= 0.3 is 0 Å². The van der Waals surface area contributed by atoms with Crippen LogP contribution >= 0.6 is 11.6 Å². The van der Waals surface area contributed by atoms with Gasteiger partial charge in [0.05, 0.1) is 19.1 Å². The van der Waals surface area contributed by atoms with E-state index in [9.17, 15) is 4.79 Å². The third-order valence-electron chi connectivity index (χ3n) is 3.02. The molecule has 18 heavy (non-hydrogen) atoms. The van der Waals surface area contributed by atoms with Crippen LogP contribution in [-0.2, 0) is 16.0 Å². The van der Waals surface area contributed by atoms with E-state index in [4.69, 9.17) is 22.1 Å². The number of benzene rings is 1. The predicted molar refractivity (Wildman–Crippen MR) is 70.5 cm³/mol. The van der Waals surface area contributed by atoms with Crippen molar-refractivity contribution < 1.29 is 9.53 Å². The maximum Gasteiger partial charge on any atom is 0.227 e. The molecule has 0 aromatic heterocycles. The third kappa shape index (κ3) is 3.45. The number of hydrogen-bond acceptors (Lipinski definition) is 3. The lowest BCUT2D eigenvalue weighted by atomic mass is 10.1. The van der Waals surface area contributed by atoms with Crippen molar-refractivity contribution in [2.45, 2.75) is 12.5 Å². The van der Waals surface area contributed by atoms with Crippen LogP contribution in [0.25, 0.3) is 0 Å². The number of ether oxygens (including phenoxy) is 1. The quantitative estimate of drug-likeness (QED) is 0.892. The SMILES string of the molecule is NC[C@H]1CN(C(=O)Cc2ccc(Cl)cc2)CCO1. The lowest BCUT2D eigenvalue weighted by Gasteiger charge is -2.32. The highest BCUT2D eigenvalue weighted by Gasteiger charge is 2.23. The Kier molecular flexibility index (Phi) is 4.58. The Bertz CT molecular complexity index is 408. The molecule has 1 aliphatic rings. The molecule has 4 nitrogen and oxygen atoms in total. The standard InChI is InChI=1S/C13H17ClN2O2/c14-11-3-1-10(2-4-11)7-13(17)16-5-6-18-12(8-15)9-16/h1-4,12H,5-9,15H2/t12-/m0/s1. The first kappa shape index (κ1) is 13.3. The van der Waals surface area contributed by atoms with Crippen LogP contribution in [0, 0.1) is 0 Å². The van der Waals surface area contributed by atoms with Gasteiger partial charge in [0.1, 0.15) is 0 Å². The first-order chi connectivity index (χ1) is 8.69. The summed E-state index contributed by atoms with van der Waals surface area (Å²) in [6, 6.07) is 7.35. The second-order valence-electron chi connectivity index (χ2n) is 4.37. The number of carbonyl (C=O) groups excluding carboxylic acids is 1. The number of amides is 1. The first-order valence-corrected chi connectivity index (χ1v) is 6.40. The molecular formula is C13H17ClN2O2. The van der Waals surface area contributed by atoms with E-state index >= 15 is 0 Å². The van der Waals surface area contributed by atoms with Crippen molar-refractivity contribution in [2.24, 2.45) is 5.73 Å². The largest absolute Gasteiger partial charge is 0.373 e. The second-order valence-corrected chi connectivity index (χ2v) is 4.81. The maximum absolute atomic E-state index is 12.1. The van der Waals surface area contributed by atoms with Gasteiger partial charge < -0.3 is 15.4 Å².